The highest BCUT2D eigenvalue weighted by Crippen LogP contribution is 2.39. The molecule has 1 aliphatic carbocycles. The van der Waals surface area contributed by atoms with Crippen molar-refractivity contribution in [1.29, 1.82) is 0 Å². The molecule has 6 nitrogen and oxygen atoms in total. The summed E-state index contributed by atoms with van der Waals surface area (Å²) in [5.41, 5.74) is 4.57. The molecular weight excluding hydrogens is 270 g/mol. The van der Waals surface area contributed by atoms with E-state index in [1.807, 2.05) is 0 Å². The van der Waals surface area contributed by atoms with Crippen molar-refractivity contribution in [2.75, 3.05) is 0 Å². The SMILES string of the molecule is CC1(C)CC(=O)[C@H]2C(c3ccc([N+](=O)[O-])cc3)=NN[C@H]2C1. The molecule has 1 N–H and O–H groups in total. The van der Waals surface area contributed by atoms with Gasteiger partial charge in [0.2, 0.25) is 0 Å². The van der Waals surface area contributed by atoms with Gasteiger partial charge in [-0.05, 0) is 29.5 Å². The van der Waals surface area contributed by atoms with Crippen molar-refractivity contribution in [1.82, 2.24) is 5.43 Å². The number of hydrogen-bond donors (Lipinski definition) is 1. The van der Waals surface area contributed by atoms with Gasteiger partial charge in [0.15, 0.2) is 0 Å². The lowest BCUT2D eigenvalue weighted by Crippen LogP contribution is -2.45. The van der Waals surface area contributed by atoms with Crippen molar-refractivity contribution < 1.29 is 9.72 Å². The first kappa shape index (κ1) is 13.7. The van der Waals surface area contributed by atoms with Crippen molar-refractivity contribution in [3.05, 3.63) is 39.9 Å². The van der Waals surface area contributed by atoms with Gasteiger partial charge in [-0.2, -0.15) is 5.10 Å². The van der Waals surface area contributed by atoms with E-state index in [1.54, 1.807) is 12.1 Å². The van der Waals surface area contributed by atoms with Crippen LogP contribution >= 0.6 is 0 Å². The standard InChI is InChI=1S/C15H17N3O3/c1-15(2)7-11-13(12(19)8-15)14(17-16-11)9-3-5-10(6-4-9)18(20)21/h3-6,11,13,16H,7-8H2,1-2H3/t11-,13-/m0/s1. The van der Waals surface area contributed by atoms with Crippen LogP contribution in [0.5, 0.6) is 0 Å². The molecule has 1 aromatic carbocycles. The molecule has 0 saturated heterocycles. The van der Waals surface area contributed by atoms with E-state index in [9.17, 15) is 14.9 Å². The summed E-state index contributed by atoms with van der Waals surface area (Å²) in [5.74, 6) is -0.0437. The maximum absolute atomic E-state index is 12.4. The molecule has 0 radical (unpaired) electrons. The van der Waals surface area contributed by atoms with Crippen LogP contribution in [0.2, 0.25) is 0 Å². The Morgan fingerprint density at radius 2 is 2.00 bits per heavy atom. The van der Waals surface area contributed by atoms with E-state index >= 15 is 0 Å². The Morgan fingerprint density at radius 1 is 1.33 bits per heavy atom. The van der Waals surface area contributed by atoms with E-state index in [0.29, 0.717) is 12.1 Å². The van der Waals surface area contributed by atoms with Gasteiger partial charge < -0.3 is 5.43 Å². The highest BCUT2D eigenvalue weighted by atomic mass is 16.6. The Hall–Kier alpha value is -2.24. The number of hydrazone groups is 1. The summed E-state index contributed by atoms with van der Waals surface area (Å²) < 4.78 is 0. The summed E-state index contributed by atoms with van der Waals surface area (Å²) in [6, 6.07) is 6.25. The fourth-order valence-electron chi connectivity index (χ4n) is 3.27. The van der Waals surface area contributed by atoms with Gasteiger partial charge in [-0.1, -0.05) is 13.8 Å². The number of carbonyl (C=O) groups is 1. The average Bonchev–Trinajstić information content (AvgIpc) is 2.81. The molecule has 0 aromatic heterocycles. The van der Waals surface area contributed by atoms with Crippen LogP contribution in [0.15, 0.2) is 29.4 Å². The first-order valence-corrected chi connectivity index (χ1v) is 6.98. The molecule has 0 spiro atoms. The third-order valence-electron chi connectivity index (χ3n) is 4.19. The normalized spacial score (nSPS) is 26.8. The van der Waals surface area contributed by atoms with E-state index in [0.717, 1.165) is 12.0 Å². The lowest BCUT2D eigenvalue weighted by Gasteiger charge is -2.36. The number of benzene rings is 1. The molecule has 1 saturated carbocycles. The number of hydrogen-bond acceptors (Lipinski definition) is 5. The molecule has 1 aromatic rings. The van der Waals surface area contributed by atoms with Crippen LogP contribution in [0.4, 0.5) is 5.69 Å². The van der Waals surface area contributed by atoms with Crippen LogP contribution in [-0.2, 0) is 4.79 Å². The molecule has 0 bridgehead atoms. The van der Waals surface area contributed by atoms with E-state index in [2.05, 4.69) is 24.4 Å². The van der Waals surface area contributed by atoms with E-state index < -0.39 is 4.92 Å². The first-order chi connectivity index (χ1) is 9.87. The topological polar surface area (TPSA) is 84.6 Å². The van der Waals surface area contributed by atoms with Crippen LogP contribution < -0.4 is 5.43 Å². The molecule has 6 heteroatoms. The number of ketones is 1. The van der Waals surface area contributed by atoms with Crippen LogP contribution in [0.25, 0.3) is 0 Å². The molecule has 2 aliphatic rings. The van der Waals surface area contributed by atoms with Gasteiger partial charge in [-0.25, -0.2) is 0 Å². The molecule has 0 amide bonds. The van der Waals surface area contributed by atoms with E-state index in [-0.39, 0.29) is 28.8 Å². The number of nitrogens with one attached hydrogen (secondary N) is 1. The largest absolute Gasteiger partial charge is 0.306 e. The molecule has 1 heterocycles. The molecule has 110 valence electrons. The predicted octanol–water partition coefficient (Wildman–Crippen LogP) is 2.28. The average molecular weight is 287 g/mol. The number of nitrogens with zero attached hydrogens (tertiary/aromatic N) is 2. The minimum atomic E-state index is -0.435. The summed E-state index contributed by atoms with van der Waals surface area (Å²) in [4.78, 5) is 22.7. The Balaban J connectivity index is 1.87. The van der Waals surface area contributed by atoms with Gasteiger partial charge >= 0.3 is 0 Å². The lowest BCUT2D eigenvalue weighted by molar-refractivity contribution is -0.384. The zero-order valence-electron chi connectivity index (χ0n) is 12.0. The fraction of sp³-hybridized carbons (Fsp3) is 0.467. The lowest BCUT2D eigenvalue weighted by atomic mass is 9.68. The highest BCUT2D eigenvalue weighted by molar-refractivity contribution is 6.15. The smallest absolute Gasteiger partial charge is 0.269 e. The van der Waals surface area contributed by atoms with Crippen LogP contribution in [0.1, 0.15) is 32.3 Å². The summed E-state index contributed by atoms with van der Waals surface area (Å²) in [5, 5.41) is 15.0. The number of carbonyl (C=O) groups excluding carboxylic acids is 1. The number of non-ortho nitro benzene ring substituents is 1. The summed E-state index contributed by atoms with van der Waals surface area (Å²) in [6.45, 7) is 4.18. The van der Waals surface area contributed by atoms with Gasteiger partial charge in [0, 0.05) is 18.6 Å². The van der Waals surface area contributed by atoms with Gasteiger partial charge in [-0.15, -0.1) is 0 Å². The van der Waals surface area contributed by atoms with Gasteiger partial charge in [-0.3, -0.25) is 14.9 Å². The molecule has 2 atom stereocenters. The zero-order chi connectivity index (χ0) is 15.2. The number of Topliss-reactive ketones (excluding diaryl/α,β-unsaturated/α-hetero) is 1. The summed E-state index contributed by atoms with van der Waals surface area (Å²) in [7, 11) is 0. The number of nitro groups is 1. The fourth-order valence-corrected chi connectivity index (χ4v) is 3.27. The highest BCUT2D eigenvalue weighted by Gasteiger charge is 2.46. The number of fused-ring (bicyclic) bond motifs is 1. The van der Waals surface area contributed by atoms with Gasteiger partial charge in [0.1, 0.15) is 5.78 Å². The molecular formula is C15H17N3O3. The monoisotopic (exact) mass is 287 g/mol. The second-order valence-electron chi connectivity index (χ2n) is 6.53. The van der Waals surface area contributed by atoms with Crippen molar-refractivity contribution >= 4 is 17.2 Å². The maximum Gasteiger partial charge on any atom is 0.269 e. The molecule has 3 rings (SSSR count). The van der Waals surface area contributed by atoms with E-state index in [1.165, 1.54) is 12.1 Å². The third kappa shape index (κ3) is 2.41. The van der Waals surface area contributed by atoms with Crippen LogP contribution in [0.3, 0.4) is 0 Å². The molecule has 1 aliphatic heterocycles. The zero-order valence-corrected chi connectivity index (χ0v) is 12.0. The van der Waals surface area contributed by atoms with Crippen LogP contribution in [0, 0.1) is 21.4 Å². The predicted molar refractivity (Wildman–Crippen MR) is 78.1 cm³/mol. The quantitative estimate of drug-likeness (QED) is 0.668. The minimum Gasteiger partial charge on any atom is -0.306 e. The minimum absolute atomic E-state index is 0.00824. The van der Waals surface area contributed by atoms with Crippen molar-refractivity contribution in [3.63, 3.8) is 0 Å². The van der Waals surface area contributed by atoms with Crippen molar-refractivity contribution in [3.8, 4) is 0 Å². The van der Waals surface area contributed by atoms with Crippen LogP contribution in [-0.4, -0.2) is 22.5 Å². The third-order valence-corrected chi connectivity index (χ3v) is 4.19. The van der Waals surface area contributed by atoms with Crippen molar-refractivity contribution in [2.24, 2.45) is 16.4 Å². The first-order valence-electron chi connectivity index (χ1n) is 6.98. The Morgan fingerprint density at radius 3 is 2.62 bits per heavy atom. The molecule has 21 heavy (non-hydrogen) atoms. The van der Waals surface area contributed by atoms with E-state index in [4.69, 9.17) is 0 Å². The molecule has 0 unspecified atom stereocenters. The maximum atomic E-state index is 12.4. The van der Waals surface area contributed by atoms with Crippen molar-refractivity contribution in [2.45, 2.75) is 32.7 Å². The Kier molecular flexibility index (Phi) is 3.04. The summed E-state index contributed by atoms with van der Waals surface area (Å²) in [6.07, 6.45) is 1.44. The van der Waals surface area contributed by atoms with Gasteiger partial charge in [0.05, 0.1) is 22.6 Å². The second kappa shape index (κ2) is 4.65. The summed E-state index contributed by atoms with van der Waals surface area (Å²) >= 11 is 0. The molecule has 1 fully saturated rings. The number of nitro benzene ring substituents is 1. The number of rotatable bonds is 2. The second-order valence-corrected chi connectivity index (χ2v) is 6.53. The van der Waals surface area contributed by atoms with Gasteiger partial charge in [0.25, 0.3) is 5.69 Å². The Labute approximate surface area is 122 Å². The Bertz CT molecular complexity index is 634.